The van der Waals surface area contributed by atoms with E-state index in [1.165, 1.54) is 25.7 Å². The van der Waals surface area contributed by atoms with Crippen LogP contribution in [-0.4, -0.2) is 90.7 Å². The van der Waals surface area contributed by atoms with Gasteiger partial charge in [-0.2, -0.15) is 0 Å². The third kappa shape index (κ3) is 8.02. The number of nitrogens with one attached hydrogen (secondary N) is 3. The van der Waals surface area contributed by atoms with Crippen LogP contribution in [0.5, 0.6) is 0 Å². The molecule has 28 heavy (non-hydrogen) atoms. The number of carboxylic acids is 1. The van der Waals surface area contributed by atoms with Crippen molar-refractivity contribution >= 4 is 17.9 Å². The van der Waals surface area contributed by atoms with E-state index in [0.29, 0.717) is 13.1 Å². The highest BCUT2D eigenvalue weighted by Gasteiger charge is 2.34. The van der Waals surface area contributed by atoms with Crippen LogP contribution in [0.3, 0.4) is 0 Å². The summed E-state index contributed by atoms with van der Waals surface area (Å²) in [5.41, 5.74) is 0. The molecule has 3 amide bonds. The number of rotatable bonds is 10. The average Bonchev–Trinajstić information content (AvgIpc) is 2.89. The van der Waals surface area contributed by atoms with Crippen LogP contribution in [0.15, 0.2) is 0 Å². The van der Waals surface area contributed by atoms with Crippen molar-refractivity contribution in [2.75, 3.05) is 45.8 Å². The van der Waals surface area contributed by atoms with Crippen LogP contribution < -0.4 is 16.0 Å². The molecule has 0 spiro atoms. The second kappa shape index (κ2) is 11.9. The SMILES string of the molecule is CCN(CC(=O)O)C1CC(NC(=O)NCC(=O)NCCN2CCCCCC2)C1. The number of carbonyl (C=O) groups excluding carboxylic acids is 2. The second-order valence-corrected chi connectivity index (χ2v) is 7.71. The molecule has 1 saturated heterocycles. The molecule has 0 radical (unpaired) electrons. The molecule has 0 atom stereocenters. The molecule has 0 aromatic carbocycles. The van der Waals surface area contributed by atoms with Gasteiger partial charge in [-0.25, -0.2) is 4.79 Å². The van der Waals surface area contributed by atoms with Gasteiger partial charge in [0.15, 0.2) is 0 Å². The molecule has 160 valence electrons. The fraction of sp³-hybridized carbons (Fsp3) is 0.842. The molecule has 9 heteroatoms. The quantitative estimate of drug-likeness (QED) is 0.419. The number of hydrogen-bond donors (Lipinski definition) is 4. The van der Waals surface area contributed by atoms with E-state index in [9.17, 15) is 14.4 Å². The summed E-state index contributed by atoms with van der Waals surface area (Å²) in [7, 11) is 0. The molecule has 4 N–H and O–H groups in total. The van der Waals surface area contributed by atoms with Crippen molar-refractivity contribution in [2.45, 2.75) is 57.5 Å². The van der Waals surface area contributed by atoms with Gasteiger partial charge < -0.3 is 26.0 Å². The van der Waals surface area contributed by atoms with Gasteiger partial charge in [-0.15, -0.1) is 0 Å². The fourth-order valence-corrected chi connectivity index (χ4v) is 3.85. The molecule has 1 heterocycles. The molecular weight excluding hydrogens is 362 g/mol. The second-order valence-electron chi connectivity index (χ2n) is 7.71. The van der Waals surface area contributed by atoms with Crippen molar-refractivity contribution < 1.29 is 19.5 Å². The number of likely N-dealkylation sites (N-methyl/N-ethyl adjacent to an activating group) is 1. The number of aliphatic carboxylic acids is 1. The third-order valence-electron chi connectivity index (χ3n) is 5.57. The molecule has 0 unspecified atom stereocenters. The smallest absolute Gasteiger partial charge is 0.317 e. The number of urea groups is 1. The minimum atomic E-state index is -0.835. The van der Waals surface area contributed by atoms with E-state index in [2.05, 4.69) is 20.9 Å². The summed E-state index contributed by atoms with van der Waals surface area (Å²) in [5.74, 6) is -1.02. The zero-order valence-corrected chi connectivity index (χ0v) is 16.9. The Morgan fingerprint density at radius 2 is 1.75 bits per heavy atom. The first kappa shape index (κ1) is 22.4. The van der Waals surface area contributed by atoms with Crippen molar-refractivity contribution in [3.05, 3.63) is 0 Å². The standard InChI is InChI=1S/C19H35N5O4/c1-2-24(14-18(26)27)16-11-15(12-16)22-19(28)21-13-17(25)20-7-10-23-8-5-3-4-6-9-23/h15-16H,2-14H2,1H3,(H,20,25)(H,26,27)(H2,21,22,28). The van der Waals surface area contributed by atoms with E-state index in [4.69, 9.17) is 5.11 Å². The Morgan fingerprint density at radius 3 is 2.36 bits per heavy atom. The lowest BCUT2D eigenvalue weighted by atomic mass is 9.85. The highest BCUT2D eigenvalue weighted by Crippen LogP contribution is 2.25. The van der Waals surface area contributed by atoms with Gasteiger partial charge in [0, 0.05) is 25.2 Å². The Balaban J connectivity index is 1.52. The average molecular weight is 398 g/mol. The van der Waals surface area contributed by atoms with Gasteiger partial charge in [0.1, 0.15) is 0 Å². The summed E-state index contributed by atoms with van der Waals surface area (Å²) in [6.45, 7) is 6.24. The molecule has 2 rings (SSSR count). The van der Waals surface area contributed by atoms with Gasteiger partial charge in [-0.05, 0) is 45.3 Å². The summed E-state index contributed by atoms with van der Waals surface area (Å²) in [4.78, 5) is 38.9. The Bertz CT molecular complexity index is 516. The Hall–Kier alpha value is -1.87. The van der Waals surface area contributed by atoms with Crippen LogP contribution in [0.4, 0.5) is 4.79 Å². The highest BCUT2D eigenvalue weighted by atomic mass is 16.4. The summed E-state index contributed by atoms with van der Waals surface area (Å²) in [6, 6.07) is -0.139. The van der Waals surface area contributed by atoms with Gasteiger partial charge in [-0.1, -0.05) is 19.8 Å². The van der Waals surface area contributed by atoms with Crippen molar-refractivity contribution in [2.24, 2.45) is 0 Å². The topological polar surface area (TPSA) is 114 Å². The summed E-state index contributed by atoms with van der Waals surface area (Å²) < 4.78 is 0. The predicted molar refractivity (Wildman–Crippen MR) is 106 cm³/mol. The zero-order valence-electron chi connectivity index (χ0n) is 16.9. The van der Waals surface area contributed by atoms with Crippen LogP contribution in [0.1, 0.15) is 45.4 Å². The minimum absolute atomic E-state index is 0.0255. The Morgan fingerprint density at radius 1 is 1.07 bits per heavy atom. The van der Waals surface area contributed by atoms with Crippen LogP contribution in [0.25, 0.3) is 0 Å². The molecular formula is C19H35N5O4. The minimum Gasteiger partial charge on any atom is -0.480 e. The van der Waals surface area contributed by atoms with Crippen LogP contribution in [0, 0.1) is 0 Å². The molecule has 1 aliphatic carbocycles. The van der Waals surface area contributed by atoms with E-state index < -0.39 is 5.97 Å². The van der Waals surface area contributed by atoms with Crippen molar-refractivity contribution in [3.63, 3.8) is 0 Å². The summed E-state index contributed by atoms with van der Waals surface area (Å²) in [5, 5.41) is 17.2. The molecule has 9 nitrogen and oxygen atoms in total. The Labute approximate surface area is 167 Å². The van der Waals surface area contributed by atoms with Gasteiger partial charge in [0.2, 0.25) is 5.91 Å². The van der Waals surface area contributed by atoms with Gasteiger partial charge in [0.05, 0.1) is 13.1 Å². The lowest BCUT2D eigenvalue weighted by Crippen LogP contribution is -2.56. The fourth-order valence-electron chi connectivity index (χ4n) is 3.85. The molecule has 0 aromatic rings. The van der Waals surface area contributed by atoms with Crippen LogP contribution in [0.2, 0.25) is 0 Å². The molecule has 0 bridgehead atoms. The third-order valence-corrected chi connectivity index (χ3v) is 5.57. The predicted octanol–water partition coefficient (Wildman–Crippen LogP) is 0.215. The summed E-state index contributed by atoms with van der Waals surface area (Å²) in [6.07, 6.45) is 6.50. The van der Waals surface area contributed by atoms with E-state index in [1.54, 1.807) is 0 Å². The maximum atomic E-state index is 11.9. The highest BCUT2D eigenvalue weighted by molar-refractivity contribution is 5.84. The number of nitrogens with zero attached hydrogens (tertiary/aromatic N) is 2. The lowest BCUT2D eigenvalue weighted by molar-refractivity contribution is -0.139. The van der Waals surface area contributed by atoms with Crippen LogP contribution >= 0.6 is 0 Å². The largest absolute Gasteiger partial charge is 0.480 e. The number of amides is 3. The molecule has 2 aliphatic rings. The van der Waals surface area contributed by atoms with Crippen molar-refractivity contribution in [1.29, 1.82) is 0 Å². The van der Waals surface area contributed by atoms with E-state index >= 15 is 0 Å². The first-order valence-electron chi connectivity index (χ1n) is 10.5. The maximum absolute atomic E-state index is 11.9. The number of carboxylic acid groups (broad SMARTS) is 1. The van der Waals surface area contributed by atoms with Gasteiger partial charge in [-0.3, -0.25) is 14.5 Å². The van der Waals surface area contributed by atoms with Gasteiger partial charge >= 0.3 is 12.0 Å². The molecule has 0 aromatic heterocycles. The van der Waals surface area contributed by atoms with E-state index in [1.807, 2.05) is 11.8 Å². The Kier molecular flexibility index (Phi) is 9.49. The van der Waals surface area contributed by atoms with E-state index in [0.717, 1.165) is 32.5 Å². The lowest BCUT2D eigenvalue weighted by Gasteiger charge is -2.42. The number of hydrogen-bond acceptors (Lipinski definition) is 5. The first-order valence-corrected chi connectivity index (χ1v) is 10.5. The van der Waals surface area contributed by atoms with Crippen molar-refractivity contribution in [1.82, 2.24) is 25.8 Å². The first-order chi connectivity index (χ1) is 13.5. The number of carbonyl (C=O) groups is 3. The molecule has 2 fully saturated rings. The monoisotopic (exact) mass is 397 g/mol. The normalized spacial score (nSPS) is 22.8. The summed E-state index contributed by atoms with van der Waals surface area (Å²) >= 11 is 0. The molecule has 1 saturated carbocycles. The molecule has 1 aliphatic heterocycles. The maximum Gasteiger partial charge on any atom is 0.317 e. The van der Waals surface area contributed by atoms with Gasteiger partial charge in [0.25, 0.3) is 0 Å². The number of likely N-dealkylation sites (tertiary alicyclic amines) is 1. The zero-order chi connectivity index (χ0) is 20.4. The van der Waals surface area contributed by atoms with Crippen molar-refractivity contribution in [3.8, 4) is 0 Å². The van der Waals surface area contributed by atoms with E-state index in [-0.39, 0.29) is 37.1 Å². The van der Waals surface area contributed by atoms with Crippen LogP contribution in [-0.2, 0) is 9.59 Å².